The van der Waals surface area contributed by atoms with Crippen LogP contribution in [0.25, 0.3) is 16.9 Å². The lowest BCUT2D eigenvalue weighted by Gasteiger charge is -2.01. The standard InChI is InChI=1S/C13H10BrN3O/c14-10-2-1-7-17-11(8-18)12(16-13(10)17)9-3-5-15-6-4-9/h1-7,18H,8H2. The van der Waals surface area contributed by atoms with Crippen molar-refractivity contribution < 1.29 is 5.11 Å². The number of rotatable bonds is 2. The van der Waals surface area contributed by atoms with E-state index in [4.69, 9.17) is 0 Å². The Bertz CT molecular complexity index is 694. The van der Waals surface area contributed by atoms with Gasteiger partial charge in [-0.05, 0) is 40.2 Å². The molecule has 1 N–H and O–H groups in total. The summed E-state index contributed by atoms with van der Waals surface area (Å²) in [4.78, 5) is 8.57. The highest BCUT2D eigenvalue weighted by atomic mass is 79.9. The third-order valence-electron chi connectivity index (χ3n) is 2.80. The molecular weight excluding hydrogens is 294 g/mol. The minimum atomic E-state index is -0.0602. The first kappa shape index (κ1) is 11.4. The Labute approximate surface area is 112 Å². The molecule has 0 radical (unpaired) electrons. The summed E-state index contributed by atoms with van der Waals surface area (Å²) in [7, 11) is 0. The van der Waals surface area contributed by atoms with Gasteiger partial charge in [-0.3, -0.25) is 4.98 Å². The third kappa shape index (κ3) is 1.72. The van der Waals surface area contributed by atoms with Crippen LogP contribution in [0, 0.1) is 0 Å². The molecule has 3 aromatic heterocycles. The fraction of sp³-hybridized carbons (Fsp3) is 0.0769. The van der Waals surface area contributed by atoms with Crippen LogP contribution in [0.5, 0.6) is 0 Å². The van der Waals surface area contributed by atoms with Crippen molar-refractivity contribution in [3.8, 4) is 11.3 Å². The van der Waals surface area contributed by atoms with Gasteiger partial charge in [0.15, 0.2) is 5.65 Å². The normalized spacial score (nSPS) is 11.0. The van der Waals surface area contributed by atoms with Crippen LogP contribution in [0.4, 0.5) is 0 Å². The van der Waals surface area contributed by atoms with E-state index < -0.39 is 0 Å². The van der Waals surface area contributed by atoms with Gasteiger partial charge in [0.25, 0.3) is 0 Å². The van der Waals surface area contributed by atoms with E-state index in [1.807, 2.05) is 34.9 Å². The van der Waals surface area contributed by atoms with Crippen molar-refractivity contribution in [3.63, 3.8) is 0 Å². The molecule has 0 atom stereocenters. The number of nitrogens with zero attached hydrogens (tertiary/aromatic N) is 3. The molecule has 0 aromatic carbocycles. The van der Waals surface area contributed by atoms with E-state index in [2.05, 4.69) is 25.9 Å². The fourth-order valence-electron chi connectivity index (χ4n) is 1.98. The molecule has 0 fully saturated rings. The van der Waals surface area contributed by atoms with Gasteiger partial charge in [-0.25, -0.2) is 4.98 Å². The second kappa shape index (κ2) is 4.51. The average molecular weight is 304 g/mol. The van der Waals surface area contributed by atoms with E-state index in [0.29, 0.717) is 0 Å². The van der Waals surface area contributed by atoms with Crippen molar-refractivity contribution in [3.05, 3.63) is 53.0 Å². The van der Waals surface area contributed by atoms with Crippen LogP contribution in [0.15, 0.2) is 47.3 Å². The van der Waals surface area contributed by atoms with Gasteiger partial charge in [0.2, 0.25) is 0 Å². The molecule has 3 aromatic rings. The zero-order valence-electron chi connectivity index (χ0n) is 9.42. The van der Waals surface area contributed by atoms with E-state index in [1.165, 1.54) is 0 Å². The van der Waals surface area contributed by atoms with E-state index >= 15 is 0 Å². The van der Waals surface area contributed by atoms with Crippen LogP contribution in [-0.4, -0.2) is 19.5 Å². The molecule has 0 amide bonds. The van der Waals surface area contributed by atoms with Gasteiger partial charge in [0.05, 0.1) is 22.5 Å². The predicted octanol–water partition coefficient (Wildman–Crippen LogP) is 2.65. The number of hydrogen-bond acceptors (Lipinski definition) is 3. The second-order valence-electron chi connectivity index (χ2n) is 3.85. The van der Waals surface area contributed by atoms with Crippen LogP contribution in [0.2, 0.25) is 0 Å². The lowest BCUT2D eigenvalue weighted by Crippen LogP contribution is -1.93. The second-order valence-corrected chi connectivity index (χ2v) is 4.71. The third-order valence-corrected chi connectivity index (χ3v) is 3.42. The molecule has 0 aliphatic carbocycles. The summed E-state index contributed by atoms with van der Waals surface area (Å²) in [6.07, 6.45) is 5.33. The van der Waals surface area contributed by atoms with Crippen molar-refractivity contribution in [1.82, 2.24) is 14.4 Å². The molecule has 5 heteroatoms. The van der Waals surface area contributed by atoms with E-state index in [9.17, 15) is 5.11 Å². The molecule has 0 aliphatic heterocycles. The minimum Gasteiger partial charge on any atom is -0.390 e. The van der Waals surface area contributed by atoms with Gasteiger partial charge in [0, 0.05) is 24.2 Å². The molecular formula is C13H10BrN3O. The first-order valence-corrected chi connectivity index (χ1v) is 6.27. The zero-order valence-corrected chi connectivity index (χ0v) is 11.0. The van der Waals surface area contributed by atoms with Crippen molar-refractivity contribution in [1.29, 1.82) is 0 Å². The van der Waals surface area contributed by atoms with Crippen molar-refractivity contribution >= 4 is 21.6 Å². The fourth-order valence-corrected chi connectivity index (χ4v) is 2.41. The van der Waals surface area contributed by atoms with Gasteiger partial charge in [-0.1, -0.05) is 0 Å². The first-order valence-electron chi connectivity index (χ1n) is 5.48. The number of halogens is 1. The number of fused-ring (bicyclic) bond motifs is 1. The van der Waals surface area contributed by atoms with E-state index in [1.54, 1.807) is 12.4 Å². The largest absolute Gasteiger partial charge is 0.390 e. The molecule has 90 valence electrons. The molecule has 0 bridgehead atoms. The van der Waals surface area contributed by atoms with E-state index in [0.717, 1.165) is 27.1 Å². The van der Waals surface area contributed by atoms with E-state index in [-0.39, 0.29) is 6.61 Å². The van der Waals surface area contributed by atoms with Gasteiger partial charge in [-0.2, -0.15) is 0 Å². The molecule has 0 unspecified atom stereocenters. The molecule has 18 heavy (non-hydrogen) atoms. The summed E-state index contributed by atoms with van der Waals surface area (Å²) < 4.78 is 2.79. The summed E-state index contributed by atoms with van der Waals surface area (Å²) in [6, 6.07) is 7.61. The highest BCUT2D eigenvalue weighted by Crippen LogP contribution is 2.27. The predicted molar refractivity (Wildman–Crippen MR) is 72.0 cm³/mol. The number of aliphatic hydroxyl groups is 1. The maximum absolute atomic E-state index is 9.57. The number of aromatic nitrogens is 3. The number of hydrogen-bond donors (Lipinski definition) is 1. The quantitative estimate of drug-likeness (QED) is 0.792. The van der Waals surface area contributed by atoms with Crippen LogP contribution >= 0.6 is 15.9 Å². The van der Waals surface area contributed by atoms with Crippen LogP contribution < -0.4 is 0 Å². The highest BCUT2D eigenvalue weighted by molar-refractivity contribution is 9.10. The van der Waals surface area contributed by atoms with Gasteiger partial charge < -0.3 is 9.51 Å². The topological polar surface area (TPSA) is 50.4 Å². The van der Waals surface area contributed by atoms with Gasteiger partial charge in [0.1, 0.15) is 0 Å². The average Bonchev–Trinajstić information content (AvgIpc) is 2.80. The van der Waals surface area contributed by atoms with Crippen LogP contribution in [0.1, 0.15) is 5.69 Å². The number of pyridine rings is 2. The Morgan fingerprint density at radius 1 is 1.22 bits per heavy atom. The Kier molecular flexibility index (Phi) is 2.85. The van der Waals surface area contributed by atoms with Crippen molar-refractivity contribution in [2.24, 2.45) is 0 Å². The molecule has 3 rings (SSSR count). The summed E-state index contributed by atoms with van der Waals surface area (Å²) in [5, 5.41) is 9.57. The summed E-state index contributed by atoms with van der Waals surface area (Å²) in [6.45, 7) is -0.0602. The smallest absolute Gasteiger partial charge is 0.152 e. The Hall–Kier alpha value is -1.72. The molecule has 0 aliphatic rings. The lowest BCUT2D eigenvalue weighted by atomic mass is 10.1. The Morgan fingerprint density at radius 2 is 2.00 bits per heavy atom. The number of aliphatic hydroxyl groups excluding tert-OH is 1. The SMILES string of the molecule is OCc1c(-c2ccncc2)nc2c(Br)cccn12. The monoisotopic (exact) mass is 303 g/mol. The Balaban J connectivity index is 2.33. The first-order chi connectivity index (χ1) is 8.81. The van der Waals surface area contributed by atoms with Crippen molar-refractivity contribution in [2.45, 2.75) is 6.61 Å². The maximum atomic E-state index is 9.57. The maximum Gasteiger partial charge on any atom is 0.152 e. The molecule has 0 saturated carbocycles. The van der Waals surface area contributed by atoms with Crippen molar-refractivity contribution in [2.75, 3.05) is 0 Å². The van der Waals surface area contributed by atoms with Gasteiger partial charge in [-0.15, -0.1) is 0 Å². The number of imidazole rings is 1. The lowest BCUT2D eigenvalue weighted by molar-refractivity contribution is 0.276. The van der Waals surface area contributed by atoms with Crippen LogP contribution in [-0.2, 0) is 6.61 Å². The molecule has 0 spiro atoms. The summed E-state index contributed by atoms with van der Waals surface area (Å²) in [5.41, 5.74) is 3.31. The molecule has 3 heterocycles. The summed E-state index contributed by atoms with van der Waals surface area (Å²) in [5.74, 6) is 0. The molecule has 0 saturated heterocycles. The molecule has 4 nitrogen and oxygen atoms in total. The summed E-state index contributed by atoms with van der Waals surface area (Å²) >= 11 is 3.47. The van der Waals surface area contributed by atoms with Crippen LogP contribution in [0.3, 0.4) is 0 Å². The zero-order chi connectivity index (χ0) is 12.5. The Morgan fingerprint density at radius 3 is 2.72 bits per heavy atom. The van der Waals surface area contributed by atoms with Gasteiger partial charge >= 0.3 is 0 Å². The minimum absolute atomic E-state index is 0.0602. The highest BCUT2D eigenvalue weighted by Gasteiger charge is 2.14.